The van der Waals surface area contributed by atoms with Crippen LogP contribution in [0.15, 0.2) is 0 Å². The number of nitrogens with two attached hydrogens (primary N) is 1. The largest absolute Gasteiger partial charge is 0.381 e. The van der Waals surface area contributed by atoms with E-state index < -0.39 is 0 Å². The number of ether oxygens (including phenoxy) is 1. The highest BCUT2D eigenvalue weighted by Gasteiger charge is 1.98. The topological polar surface area (TPSA) is 35.2 Å². The monoisotopic (exact) mass is 169 g/mol. The zero-order valence-corrected chi connectivity index (χ0v) is 8.10. The van der Waals surface area contributed by atoms with Gasteiger partial charge >= 0.3 is 0 Å². The summed E-state index contributed by atoms with van der Waals surface area (Å²) in [6.07, 6.45) is 2.77. The van der Waals surface area contributed by atoms with Crippen LogP contribution in [0.4, 0.5) is 0 Å². The van der Waals surface area contributed by atoms with Gasteiger partial charge < -0.3 is 10.5 Å². The van der Waals surface area contributed by atoms with Gasteiger partial charge in [-0.15, -0.1) is 11.8 Å². The Balaban J connectivity index is 3.17. The van der Waals surface area contributed by atoms with Gasteiger partial charge in [-0.1, -0.05) is 6.92 Å². The Morgan fingerprint density at radius 3 is 2.75 bits per heavy atom. The summed E-state index contributed by atoms with van der Waals surface area (Å²) < 4.78 is 5.31. The maximum atomic E-state index is 5.76. The van der Waals surface area contributed by atoms with Gasteiger partial charge in [0.15, 0.2) is 0 Å². The Kier molecular flexibility index (Phi) is 8.20. The Morgan fingerprint density at radius 2 is 2.17 bits per heavy atom. The maximum Gasteiger partial charge on any atom is 0.0481 e. The van der Waals surface area contributed by atoms with Crippen LogP contribution in [0.5, 0.6) is 0 Å². The summed E-state index contributed by atoms with van der Waals surface area (Å²) in [6.45, 7) is 5.54. The maximum absolute atomic E-state index is 5.76. The van der Waals surface area contributed by atoms with Crippen molar-refractivity contribution in [3.8, 4) is 11.8 Å². The lowest BCUT2D eigenvalue weighted by molar-refractivity contribution is 0.128. The first-order chi connectivity index (χ1) is 5.81. The summed E-state index contributed by atoms with van der Waals surface area (Å²) in [5.74, 6) is 5.79. The molecule has 0 radical (unpaired) electrons. The van der Waals surface area contributed by atoms with Gasteiger partial charge in [-0.25, -0.2) is 0 Å². The second-order valence-corrected chi connectivity index (χ2v) is 2.79. The highest BCUT2D eigenvalue weighted by atomic mass is 16.5. The van der Waals surface area contributed by atoms with Gasteiger partial charge in [-0.05, 0) is 19.8 Å². The molecule has 2 N–H and O–H groups in total. The number of hydrogen-bond acceptors (Lipinski definition) is 2. The Morgan fingerprint density at radius 1 is 1.42 bits per heavy atom. The number of hydrogen-bond donors (Lipinski definition) is 1. The molecule has 0 aromatic rings. The van der Waals surface area contributed by atoms with Crippen molar-refractivity contribution in [2.45, 2.75) is 39.2 Å². The molecule has 1 unspecified atom stereocenters. The molecule has 0 rings (SSSR count). The average Bonchev–Trinajstić information content (AvgIpc) is 2.09. The fourth-order valence-electron chi connectivity index (χ4n) is 0.816. The Hall–Kier alpha value is -0.520. The highest BCUT2D eigenvalue weighted by molar-refractivity contribution is 4.97. The van der Waals surface area contributed by atoms with Gasteiger partial charge in [-0.3, -0.25) is 0 Å². The molecule has 0 aromatic carbocycles. The van der Waals surface area contributed by atoms with Crippen LogP contribution in [0.2, 0.25) is 0 Å². The molecular weight excluding hydrogens is 150 g/mol. The SMILES string of the molecule is CC#CCC(N)CCOCCC. The molecule has 0 heterocycles. The van der Waals surface area contributed by atoms with Crippen LogP contribution in [0.3, 0.4) is 0 Å². The third-order valence-electron chi connectivity index (χ3n) is 1.52. The van der Waals surface area contributed by atoms with Gasteiger partial charge in [0.05, 0.1) is 0 Å². The summed E-state index contributed by atoms with van der Waals surface area (Å²) >= 11 is 0. The summed E-state index contributed by atoms with van der Waals surface area (Å²) in [5, 5.41) is 0. The van der Waals surface area contributed by atoms with E-state index in [0.29, 0.717) is 0 Å². The van der Waals surface area contributed by atoms with Crippen LogP contribution in [0, 0.1) is 11.8 Å². The van der Waals surface area contributed by atoms with E-state index in [1.165, 1.54) is 0 Å². The van der Waals surface area contributed by atoms with Crippen LogP contribution in [-0.4, -0.2) is 19.3 Å². The quantitative estimate of drug-likeness (QED) is 0.483. The smallest absolute Gasteiger partial charge is 0.0481 e. The second kappa shape index (κ2) is 8.58. The van der Waals surface area contributed by atoms with E-state index in [2.05, 4.69) is 18.8 Å². The molecule has 0 amide bonds. The molecule has 0 aliphatic carbocycles. The average molecular weight is 169 g/mol. The molecule has 0 saturated heterocycles. The molecule has 0 fully saturated rings. The van der Waals surface area contributed by atoms with E-state index in [-0.39, 0.29) is 6.04 Å². The summed E-state index contributed by atoms with van der Waals surface area (Å²) in [5.41, 5.74) is 5.76. The zero-order chi connectivity index (χ0) is 9.23. The van der Waals surface area contributed by atoms with Crippen LogP contribution in [0.25, 0.3) is 0 Å². The molecule has 2 nitrogen and oxygen atoms in total. The predicted molar refractivity (Wildman–Crippen MR) is 51.8 cm³/mol. The summed E-state index contributed by atoms with van der Waals surface area (Å²) in [4.78, 5) is 0. The van der Waals surface area contributed by atoms with E-state index in [1.54, 1.807) is 0 Å². The Bertz CT molecular complexity index is 146. The van der Waals surface area contributed by atoms with Crippen molar-refractivity contribution in [3.63, 3.8) is 0 Å². The number of rotatable bonds is 6. The van der Waals surface area contributed by atoms with Crippen LogP contribution in [-0.2, 0) is 4.74 Å². The minimum atomic E-state index is 0.175. The molecule has 0 aliphatic rings. The van der Waals surface area contributed by atoms with Gasteiger partial charge in [-0.2, -0.15) is 0 Å². The molecule has 2 heteroatoms. The van der Waals surface area contributed by atoms with Crippen LogP contribution < -0.4 is 5.73 Å². The molecule has 0 aromatic heterocycles. The second-order valence-electron chi connectivity index (χ2n) is 2.79. The van der Waals surface area contributed by atoms with E-state index >= 15 is 0 Å². The van der Waals surface area contributed by atoms with Gasteiger partial charge in [0, 0.05) is 25.7 Å². The van der Waals surface area contributed by atoms with Crippen molar-refractivity contribution in [1.29, 1.82) is 0 Å². The first-order valence-corrected chi connectivity index (χ1v) is 4.54. The van der Waals surface area contributed by atoms with Crippen molar-refractivity contribution >= 4 is 0 Å². The first kappa shape index (κ1) is 11.5. The van der Waals surface area contributed by atoms with Gasteiger partial charge in [0.2, 0.25) is 0 Å². The van der Waals surface area contributed by atoms with E-state index in [4.69, 9.17) is 10.5 Å². The third-order valence-corrected chi connectivity index (χ3v) is 1.52. The molecule has 0 spiro atoms. The molecule has 0 bridgehead atoms. The van der Waals surface area contributed by atoms with Crippen molar-refractivity contribution in [3.05, 3.63) is 0 Å². The van der Waals surface area contributed by atoms with Crippen LogP contribution >= 0.6 is 0 Å². The van der Waals surface area contributed by atoms with Gasteiger partial charge in [0.1, 0.15) is 0 Å². The summed E-state index contributed by atoms with van der Waals surface area (Å²) in [6, 6.07) is 0.175. The van der Waals surface area contributed by atoms with Crippen molar-refractivity contribution in [1.82, 2.24) is 0 Å². The molecule has 12 heavy (non-hydrogen) atoms. The Labute approximate surface area is 75.5 Å². The van der Waals surface area contributed by atoms with E-state index in [0.717, 1.165) is 32.5 Å². The molecule has 1 atom stereocenters. The highest BCUT2D eigenvalue weighted by Crippen LogP contribution is 1.94. The lowest BCUT2D eigenvalue weighted by Crippen LogP contribution is -2.21. The molecule has 0 aliphatic heterocycles. The zero-order valence-electron chi connectivity index (χ0n) is 8.10. The third kappa shape index (κ3) is 7.59. The molecule has 70 valence electrons. The lowest BCUT2D eigenvalue weighted by atomic mass is 10.2. The normalized spacial score (nSPS) is 11.9. The first-order valence-electron chi connectivity index (χ1n) is 4.54. The van der Waals surface area contributed by atoms with Crippen molar-refractivity contribution in [2.75, 3.05) is 13.2 Å². The van der Waals surface area contributed by atoms with E-state index in [9.17, 15) is 0 Å². The lowest BCUT2D eigenvalue weighted by Gasteiger charge is -2.07. The van der Waals surface area contributed by atoms with Crippen molar-refractivity contribution < 1.29 is 4.74 Å². The van der Waals surface area contributed by atoms with E-state index in [1.807, 2.05) is 6.92 Å². The fraction of sp³-hybridized carbons (Fsp3) is 0.800. The standard InChI is InChI=1S/C10H19NO/c1-3-5-6-10(11)7-9-12-8-4-2/h10H,4,6-9,11H2,1-2H3. The fourth-order valence-corrected chi connectivity index (χ4v) is 0.816. The van der Waals surface area contributed by atoms with Crippen LogP contribution in [0.1, 0.15) is 33.1 Å². The predicted octanol–water partition coefficient (Wildman–Crippen LogP) is 1.54. The summed E-state index contributed by atoms with van der Waals surface area (Å²) in [7, 11) is 0. The minimum Gasteiger partial charge on any atom is -0.381 e. The van der Waals surface area contributed by atoms with Crippen molar-refractivity contribution in [2.24, 2.45) is 5.73 Å². The minimum absolute atomic E-state index is 0.175. The van der Waals surface area contributed by atoms with Gasteiger partial charge in [0.25, 0.3) is 0 Å². The molecule has 0 saturated carbocycles. The molecular formula is C10H19NO.